The molecule has 1 aliphatic heterocycles. The maximum Gasteiger partial charge on any atom is 0.125 e. The molecule has 0 saturated carbocycles. The lowest BCUT2D eigenvalue weighted by atomic mass is 9.90. The van der Waals surface area contributed by atoms with E-state index in [2.05, 4.69) is 25.7 Å². The maximum atomic E-state index is 13.7. The van der Waals surface area contributed by atoms with Crippen LogP contribution in [0.4, 0.5) is 4.39 Å². The Hall–Kier alpha value is -0.150. The molecular weight excluding hydrogens is 167 g/mol. The Morgan fingerprint density at radius 1 is 1.31 bits per heavy atom. The molecule has 2 N–H and O–H groups in total. The van der Waals surface area contributed by atoms with Crippen molar-refractivity contribution in [2.24, 2.45) is 5.73 Å². The summed E-state index contributed by atoms with van der Waals surface area (Å²) >= 11 is 0. The van der Waals surface area contributed by atoms with Crippen LogP contribution in [0.15, 0.2) is 0 Å². The van der Waals surface area contributed by atoms with Crippen molar-refractivity contribution in [3.8, 4) is 0 Å². The number of nitrogens with two attached hydrogens (primary N) is 1. The molecule has 1 aliphatic rings. The highest BCUT2D eigenvalue weighted by Gasteiger charge is 2.36. The van der Waals surface area contributed by atoms with Crippen molar-refractivity contribution in [1.82, 2.24) is 4.90 Å². The zero-order valence-corrected chi connectivity index (χ0v) is 8.94. The number of halogens is 1. The second-order valence-corrected chi connectivity index (χ2v) is 5.01. The standard InChI is InChI=1S/C10H21FN2/c1-9(2,3)13-6-4-10(11,8-12)5-7-13/h4-8,12H2,1-3H3. The van der Waals surface area contributed by atoms with Crippen molar-refractivity contribution in [2.45, 2.75) is 44.8 Å². The number of nitrogens with zero attached hydrogens (tertiary/aromatic N) is 1. The van der Waals surface area contributed by atoms with Crippen LogP contribution in [0.3, 0.4) is 0 Å². The maximum absolute atomic E-state index is 13.7. The Morgan fingerprint density at radius 2 is 1.77 bits per heavy atom. The normalized spacial score (nSPS) is 24.7. The van der Waals surface area contributed by atoms with Crippen molar-refractivity contribution < 1.29 is 4.39 Å². The second-order valence-electron chi connectivity index (χ2n) is 5.01. The van der Waals surface area contributed by atoms with Crippen LogP contribution in [-0.4, -0.2) is 35.7 Å². The van der Waals surface area contributed by atoms with Crippen LogP contribution in [0.25, 0.3) is 0 Å². The van der Waals surface area contributed by atoms with Crippen molar-refractivity contribution in [1.29, 1.82) is 0 Å². The Balaban J connectivity index is 2.48. The van der Waals surface area contributed by atoms with Gasteiger partial charge in [-0.05, 0) is 33.6 Å². The molecule has 0 atom stereocenters. The lowest BCUT2D eigenvalue weighted by Crippen LogP contribution is -2.52. The van der Waals surface area contributed by atoms with Crippen LogP contribution >= 0.6 is 0 Å². The topological polar surface area (TPSA) is 29.3 Å². The van der Waals surface area contributed by atoms with Gasteiger partial charge in [-0.1, -0.05) is 0 Å². The zero-order chi connectivity index (χ0) is 10.1. The van der Waals surface area contributed by atoms with Gasteiger partial charge >= 0.3 is 0 Å². The molecule has 0 aromatic rings. The van der Waals surface area contributed by atoms with Crippen LogP contribution in [0, 0.1) is 0 Å². The molecule has 0 unspecified atom stereocenters. The third-order valence-corrected chi connectivity index (χ3v) is 2.97. The third-order valence-electron chi connectivity index (χ3n) is 2.97. The van der Waals surface area contributed by atoms with Gasteiger partial charge in [-0.25, -0.2) is 4.39 Å². The summed E-state index contributed by atoms with van der Waals surface area (Å²) in [6.45, 7) is 8.33. The summed E-state index contributed by atoms with van der Waals surface area (Å²) < 4.78 is 13.7. The van der Waals surface area contributed by atoms with E-state index in [-0.39, 0.29) is 12.1 Å². The van der Waals surface area contributed by atoms with Gasteiger partial charge in [0.2, 0.25) is 0 Å². The number of piperidine rings is 1. The van der Waals surface area contributed by atoms with E-state index in [0.717, 1.165) is 13.1 Å². The minimum Gasteiger partial charge on any atom is -0.328 e. The van der Waals surface area contributed by atoms with Crippen molar-refractivity contribution in [3.63, 3.8) is 0 Å². The number of hydrogen-bond donors (Lipinski definition) is 1. The van der Waals surface area contributed by atoms with Crippen LogP contribution in [0.1, 0.15) is 33.6 Å². The molecule has 3 heteroatoms. The first-order valence-electron chi connectivity index (χ1n) is 5.01. The lowest BCUT2D eigenvalue weighted by Gasteiger charge is -2.42. The Kier molecular flexibility index (Phi) is 2.98. The quantitative estimate of drug-likeness (QED) is 0.676. The largest absolute Gasteiger partial charge is 0.328 e. The summed E-state index contributed by atoms with van der Waals surface area (Å²) in [4.78, 5) is 2.32. The first-order valence-corrected chi connectivity index (χ1v) is 5.01. The molecule has 0 aliphatic carbocycles. The minimum absolute atomic E-state index is 0.163. The third kappa shape index (κ3) is 2.64. The van der Waals surface area contributed by atoms with E-state index in [0.29, 0.717) is 12.8 Å². The highest BCUT2D eigenvalue weighted by Crippen LogP contribution is 2.28. The van der Waals surface area contributed by atoms with Crippen LogP contribution in [0.5, 0.6) is 0 Å². The van der Waals surface area contributed by atoms with Crippen LogP contribution in [-0.2, 0) is 0 Å². The van der Waals surface area contributed by atoms with Gasteiger partial charge in [0.25, 0.3) is 0 Å². The van der Waals surface area contributed by atoms with Gasteiger partial charge < -0.3 is 5.73 Å². The van der Waals surface area contributed by atoms with Crippen molar-refractivity contribution >= 4 is 0 Å². The number of alkyl halides is 1. The van der Waals surface area contributed by atoms with E-state index < -0.39 is 5.67 Å². The fraction of sp³-hybridized carbons (Fsp3) is 1.00. The monoisotopic (exact) mass is 188 g/mol. The van der Waals surface area contributed by atoms with Gasteiger partial charge in [0.1, 0.15) is 5.67 Å². The fourth-order valence-electron chi connectivity index (χ4n) is 1.78. The van der Waals surface area contributed by atoms with Gasteiger partial charge in [0.05, 0.1) is 0 Å². The molecule has 0 amide bonds. The average molecular weight is 188 g/mol. The van der Waals surface area contributed by atoms with E-state index in [9.17, 15) is 4.39 Å². The number of hydrogen-bond acceptors (Lipinski definition) is 2. The molecule has 13 heavy (non-hydrogen) atoms. The van der Waals surface area contributed by atoms with E-state index >= 15 is 0 Å². The predicted molar refractivity (Wildman–Crippen MR) is 53.5 cm³/mol. The molecule has 0 bridgehead atoms. The molecule has 1 saturated heterocycles. The lowest BCUT2D eigenvalue weighted by molar-refractivity contribution is 0.0225. The van der Waals surface area contributed by atoms with Crippen molar-refractivity contribution in [3.05, 3.63) is 0 Å². The molecule has 0 aromatic carbocycles. The Morgan fingerprint density at radius 3 is 2.08 bits per heavy atom. The van der Waals surface area contributed by atoms with Gasteiger partial charge in [0.15, 0.2) is 0 Å². The van der Waals surface area contributed by atoms with Gasteiger partial charge in [-0.15, -0.1) is 0 Å². The first kappa shape index (κ1) is 10.9. The van der Waals surface area contributed by atoms with E-state index in [1.165, 1.54) is 0 Å². The molecule has 0 radical (unpaired) electrons. The predicted octanol–water partition coefficient (Wildman–Crippen LogP) is 1.55. The minimum atomic E-state index is -1.10. The highest BCUT2D eigenvalue weighted by atomic mass is 19.1. The summed E-state index contributed by atoms with van der Waals surface area (Å²) in [5.74, 6) is 0. The van der Waals surface area contributed by atoms with Gasteiger partial charge in [0, 0.05) is 25.2 Å². The molecule has 0 spiro atoms. The van der Waals surface area contributed by atoms with E-state index in [1.54, 1.807) is 0 Å². The van der Waals surface area contributed by atoms with Crippen LogP contribution < -0.4 is 5.73 Å². The summed E-state index contributed by atoms with van der Waals surface area (Å²) in [7, 11) is 0. The highest BCUT2D eigenvalue weighted by molar-refractivity contribution is 4.90. The molecule has 1 heterocycles. The first-order chi connectivity index (χ1) is 5.87. The summed E-state index contributed by atoms with van der Waals surface area (Å²) in [6, 6.07) is 0. The molecule has 2 nitrogen and oxygen atoms in total. The molecular formula is C10H21FN2. The smallest absolute Gasteiger partial charge is 0.125 e. The van der Waals surface area contributed by atoms with Gasteiger partial charge in [-0.2, -0.15) is 0 Å². The second kappa shape index (κ2) is 3.54. The van der Waals surface area contributed by atoms with Crippen LogP contribution in [0.2, 0.25) is 0 Å². The van der Waals surface area contributed by atoms with Gasteiger partial charge in [-0.3, -0.25) is 4.90 Å². The summed E-state index contributed by atoms with van der Waals surface area (Å²) in [5, 5.41) is 0. The molecule has 0 aromatic heterocycles. The molecule has 78 valence electrons. The fourth-order valence-corrected chi connectivity index (χ4v) is 1.78. The SMILES string of the molecule is CC(C)(C)N1CCC(F)(CN)CC1. The molecule has 1 rings (SSSR count). The van der Waals surface area contributed by atoms with E-state index in [1.807, 2.05) is 0 Å². The average Bonchev–Trinajstić information content (AvgIpc) is 2.04. The van der Waals surface area contributed by atoms with Crippen molar-refractivity contribution in [2.75, 3.05) is 19.6 Å². The Bertz CT molecular complexity index is 166. The number of rotatable bonds is 1. The molecule has 1 fully saturated rings. The van der Waals surface area contributed by atoms with E-state index in [4.69, 9.17) is 5.73 Å². The Labute approximate surface area is 80.3 Å². The summed E-state index contributed by atoms with van der Waals surface area (Å²) in [6.07, 6.45) is 1.17. The zero-order valence-electron chi connectivity index (χ0n) is 8.94. The summed E-state index contributed by atoms with van der Waals surface area (Å²) in [5.41, 5.74) is 4.47. The number of likely N-dealkylation sites (tertiary alicyclic amines) is 1.